The highest BCUT2D eigenvalue weighted by Gasteiger charge is 2.23. The number of amides is 3. The zero-order valence-electron chi connectivity index (χ0n) is 17.8. The van der Waals surface area contributed by atoms with E-state index >= 15 is 0 Å². The Morgan fingerprint density at radius 2 is 1.73 bits per heavy atom. The summed E-state index contributed by atoms with van der Waals surface area (Å²) in [5.74, 6) is 0.195. The topological polar surface area (TPSA) is 52.7 Å². The summed E-state index contributed by atoms with van der Waals surface area (Å²) in [6.07, 6.45) is 6.92. The molecule has 0 unspecified atom stereocenters. The van der Waals surface area contributed by atoms with Gasteiger partial charge in [-0.05, 0) is 74.8 Å². The van der Waals surface area contributed by atoms with Gasteiger partial charge >= 0.3 is 6.03 Å². The van der Waals surface area contributed by atoms with Crippen molar-refractivity contribution in [2.24, 2.45) is 0 Å². The van der Waals surface area contributed by atoms with E-state index in [1.165, 1.54) is 12.0 Å². The van der Waals surface area contributed by atoms with Crippen LogP contribution in [-0.2, 0) is 17.6 Å². The number of para-hydroxylation sites is 1. The molecule has 1 saturated heterocycles. The van der Waals surface area contributed by atoms with E-state index in [0.717, 1.165) is 62.1 Å². The number of nitrogens with one attached hydrogen (secondary N) is 1. The maximum atomic E-state index is 12.9. The molecule has 0 spiro atoms. The molecule has 0 aliphatic carbocycles. The van der Waals surface area contributed by atoms with E-state index in [1.807, 2.05) is 52.3 Å². The Hall–Kier alpha value is -2.82. The molecule has 2 aromatic carbocycles. The van der Waals surface area contributed by atoms with Crippen molar-refractivity contribution in [3.8, 4) is 0 Å². The monoisotopic (exact) mass is 405 g/mol. The summed E-state index contributed by atoms with van der Waals surface area (Å²) in [7, 11) is 0. The molecule has 3 amide bonds. The molecule has 2 heterocycles. The van der Waals surface area contributed by atoms with Gasteiger partial charge in [0.15, 0.2) is 0 Å². The van der Waals surface area contributed by atoms with E-state index in [0.29, 0.717) is 12.5 Å². The van der Waals surface area contributed by atoms with Crippen LogP contribution in [0.2, 0.25) is 0 Å². The van der Waals surface area contributed by atoms with E-state index in [-0.39, 0.29) is 11.9 Å². The fourth-order valence-electron chi connectivity index (χ4n) is 4.54. The van der Waals surface area contributed by atoms with Crippen molar-refractivity contribution in [1.29, 1.82) is 0 Å². The summed E-state index contributed by atoms with van der Waals surface area (Å²) in [6, 6.07) is 16.1. The highest BCUT2D eigenvalue weighted by atomic mass is 16.2. The number of benzene rings is 2. The fraction of sp³-hybridized carbons (Fsp3) is 0.440. The summed E-state index contributed by atoms with van der Waals surface area (Å²) < 4.78 is 0. The predicted molar refractivity (Wildman–Crippen MR) is 121 cm³/mol. The van der Waals surface area contributed by atoms with E-state index < -0.39 is 0 Å². The molecule has 30 heavy (non-hydrogen) atoms. The molecule has 0 saturated carbocycles. The van der Waals surface area contributed by atoms with Crippen molar-refractivity contribution in [1.82, 2.24) is 4.90 Å². The minimum atomic E-state index is -0.102. The van der Waals surface area contributed by atoms with Gasteiger partial charge in [0, 0.05) is 30.5 Å². The van der Waals surface area contributed by atoms with Gasteiger partial charge in [0.25, 0.3) is 0 Å². The molecule has 1 atom stereocenters. The summed E-state index contributed by atoms with van der Waals surface area (Å²) in [5.41, 5.74) is 3.97. The number of carbonyl (C=O) groups excluding carboxylic acids is 2. The molecule has 0 bridgehead atoms. The van der Waals surface area contributed by atoms with Gasteiger partial charge in [-0.25, -0.2) is 4.79 Å². The number of likely N-dealkylation sites (tertiary alicyclic amines) is 1. The van der Waals surface area contributed by atoms with Crippen LogP contribution in [0.25, 0.3) is 0 Å². The zero-order valence-corrected chi connectivity index (χ0v) is 17.8. The van der Waals surface area contributed by atoms with Crippen molar-refractivity contribution < 1.29 is 9.59 Å². The van der Waals surface area contributed by atoms with Gasteiger partial charge in [0.05, 0.1) is 6.42 Å². The van der Waals surface area contributed by atoms with E-state index in [9.17, 15) is 9.59 Å². The van der Waals surface area contributed by atoms with Crippen LogP contribution in [0.1, 0.15) is 50.2 Å². The maximum Gasteiger partial charge on any atom is 0.326 e. The number of nitrogens with zero attached hydrogens (tertiary/aromatic N) is 2. The second-order valence-corrected chi connectivity index (χ2v) is 8.47. The number of hydrogen-bond donors (Lipinski definition) is 1. The number of rotatable bonds is 3. The molecule has 5 nitrogen and oxygen atoms in total. The van der Waals surface area contributed by atoms with Crippen molar-refractivity contribution in [2.75, 3.05) is 23.3 Å². The minimum absolute atomic E-state index is 0.102. The van der Waals surface area contributed by atoms with Gasteiger partial charge in [-0.15, -0.1) is 0 Å². The van der Waals surface area contributed by atoms with Gasteiger partial charge in [-0.3, -0.25) is 9.69 Å². The smallest absolute Gasteiger partial charge is 0.326 e. The molecule has 1 fully saturated rings. The van der Waals surface area contributed by atoms with Gasteiger partial charge in [-0.2, -0.15) is 0 Å². The van der Waals surface area contributed by atoms with Crippen LogP contribution in [-0.4, -0.2) is 36.0 Å². The lowest BCUT2D eigenvalue weighted by Gasteiger charge is -2.33. The Morgan fingerprint density at radius 1 is 0.967 bits per heavy atom. The molecule has 158 valence electrons. The third kappa shape index (κ3) is 4.66. The van der Waals surface area contributed by atoms with E-state index in [2.05, 4.69) is 18.3 Å². The molecular formula is C25H31N3O2. The van der Waals surface area contributed by atoms with Gasteiger partial charge in [-0.1, -0.05) is 30.3 Å². The number of urea groups is 1. The Morgan fingerprint density at radius 3 is 2.53 bits per heavy atom. The highest BCUT2D eigenvalue weighted by molar-refractivity contribution is 6.02. The first kappa shape index (κ1) is 20.5. The van der Waals surface area contributed by atoms with Crippen molar-refractivity contribution in [3.05, 3.63) is 59.7 Å². The van der Waals surface area contributed by atoms with Crippen LogP contribution < -0.4 is 10.2 Å². The number of anilines is 2. The van der Waals surface area contributed by atoms with Crippen molar-refractivity contribution in [2.45, 2.75) is 57.9 Å². The average Bonchev–Trinajstić information content (AvgIpc) is 2.98. The standard InChI is InChI=1S/C25H31N3O2/c1-19-8-4-6-16-27(19)24(29)18-20-12-14-22(15-13-20)26-25(30)28-17-7-5-10-21-9-2-3-11-23(21)28/h2-3,9,11-15,19H,4-8,10,16-18H2,1H3,(H,26,30)/t19-/m0/s1. The molecule has 2 aliphatic heterocycles. The second-order valence-electron chi connectivity index (χ2n) is 8.47. The van der Waals surface area contributed by atoms with Crippen LogP contribution in [0.5, 0.6) is 0 Å². The molecule has 2 aromatic rings. The lowest BCUT2D eigenvalue weighted by Crippen LogP contribution is -2.42. The predicted octanol–water partition coefficient (Wildman–Crippen LogP) is 5.00. The van der Waals surface area contributed by atoms with Gasteiger partial charge < -0.3 is 10.2 Å². The van der Waals surface area contributed by atoms with Crippen molar-refractivity contribution >= 4 is 23.3 Å². The van der Waals surface area contributed by atoms with Gasteiger partial charge in [0.1, 0.15) is 0 Å². The number of aryl methyl sites for hydroxylation is 1. The SMILES string of the molecule is C[C@H]1CCCCN1C(=O)Cc1ccc(NC(=O)N2CCCCc3ccccc32)cc1. The lowest BCUT2D eigenvalue weighted by atomic mass is 10.0. The van der Waals surface area contributed by atoms with Crippen LogP contribution in [0.3, 0.4) is 0 Å². The van der Waals surface area contributed by atoms with Crippen molar-refractivity contribution in [3.63, 3.8) is 0 Å². The Labute approximate surface area is 179 Å². The average molecular weight is 406 g/mol. The Balaban J connectivity index is 1.39. The van der Waals surface area contributed by atoms with E-state index in [4.69, 9.17) is 0 Å². The normalized spacial score (nSPS) is 19.0. The molecular weight excluding hydrogens is 374 g/mol. The second kappa shape index (κ2) is 9.33. The van der Waals surface area contributed by atoms with Gasteiger partial charge in [0.2, 0.25) is 5.91 Å². The summed E-state index contributed by atoms with van der Waals surface area (Å²) >= 11 is 0. The number of piperidine rings is 1. The molecule has 1 N–H and O–H groups in total. The number of fused-ring (bicyclic) bond motifs is 1. The number of hydrogen-bond acceptors (Lipinski definition) is 2. The van der Waals surface area contributed by atoms with Crippen LogP contribution in [0.15, 0.2) is 48.5 Å². The van der Waals surface area contributed by atoms with Crippen LogP contribution in [0, 0.1) is 0 Å². The molecule has 0 radical (unpaired) electrons. The Kier molecular flexibility index (Phi) is 6.36. The first-order valence-electron chi connectivity index (χ1n) is 11.2. The zero-order chi connectivity index (χ0) is 20.9. The van der Waals surface area contributed by atoms with Crippen LogP contribution >= 0.6 is 0 Å². The maximum absolute atomic E-state index is 12.9. The molecule has 2 aliphatic rings. The summed E-state index contributed by atoms with van der Waals surface area (Å²) in [5, 5.41) is 3.02. The third-order valence-corrected chi connectivity index (χ3v) is 6.29. The highest BCUT2D eigenvalue weighted by Crippen LogP contribution is 2.27. The lowest BCUT2D eigenvalue weighted by molar-refractivity contribution is -0.133. The number of carbonyl (C=O) groups is 2. The van der Waals surface area contributed by atoms with E-state index in [1.54, 1.807) is 0 Å². The summed E-state index contributed by atoms with van der Waals surface area (Å²) in [4.78, 5) is 29.4. The largest absolute Gasteiger partial charge is 0.340 e. The minimum Gasteiger partial charge on any atom is -0.340 e. The molecule has 4 rings (SSSR count). The van der Waals surface area contributed by atoms with Crippen LogP contribution in [0.4, 0.5) is 16.2 Å². The molecule has 0 aromatic heterocycles. The first-order valence-corrected chi connectivity index (χ1v) is 11.2. The fourth-order valence-corrected chi connectivity index (χ4v) is 4.54. The Bertz CT molecular complexity index is 894. The quantitative estimate of drug-likeness (QED) is 0.781. The first-order chi connectivity index (χ1) is 14.6. The third-order valence-electron chi connectivity index (χ3n) is 6.29. The molecule has 5 heteroatoms. The summed E-state index contributed by atoms with van der Waals surface area (Å²) in [6.45, 7) is 3.73.